The van der Waals surface area contributed by atoms with Gasteiger partial charge in [-0.3, -0.25) is 9.59 Å². The summed E-state index contributed by atoms with van der Waals surface area (Å²) in [5.74, 6) is -0.637. The lowest BCUT2D eigenvalue weighted by atomic mass is 10.0. The SMILES string of the molecule is C=CC(=O)N(CC)CC(=O)NC(C)(CO)Cn1cnc2ccccc21. The van der Waals surface area contributed by atoms with E-state index >= 15 is 0 Å². The molecular weight excluding hydrogens is 320 g/mol. The fraction of sp³-hybridized carbons (Fsp3) is 0.389. The Kier molecular flexibility index (Phi) is 5.93. The number of nitrogens with zero attached hydrogens (tertiary/aromatic N) is 3. The van der Waals surface area contributed by atoms with Gasteiger partial charge in [-0.15, -0.1) is 0 Å². The predicted molar refractivity (Wildman–Crippen MR) is 95.8 cm³/mol. The highest BCUT2D eigenvalue weighted by Crippen LogP contribution is 2.16. The van der Waals surface area contributed by atoms with Crippen molar-refractivity contribution >= 4 is 22.8 Å². The van der Waals surface area contributed by atoms with E-state index in [0.29, 0.717) is 13.1 Å². The molecule has 134 valence electrons. The number of hydrogen-bond acceptors (Lipinski definition) is 4. The highest BCUT2D eigenvalue weighted by molar-refractivity contribution is 5.91. The van der Waals surface area contributed by atoms with Crippen LogP contribution < -0.4 is 5.32 Å². The van der Waals surface area contributed by atoms with E-state index in [9.17, 15) is 14.7 Å². The molecular formula is C18H24N4O3. The largest absolute Gasteiger partial charge is 0.394 e. The second kappa shape index (κ2) is 7.94. The van der Waals surface area contributed by atoms with Crippen LogP contribution in [-0.4, -0.2) is 56.6 Å². The number of para-hydroxylation sites is 2. The lowest BCUT2D eigenvalue weighted by molar-refractivity contribution is -0.133. The standard InChI is InChI=1S/C18H24N4O3/c1-4-17(25)21(5-2)10-16(24)20-18(3,12-23)11-22-13-19-14-8-6-7-9-15(14)22/h4,6-9,13,23H,1,5,10-12H2,2-3H3,(H,20,24). The zero-order valence-corrected chi connectivity index (χ0v) is 14.6. The van der Waals surface area contributed by atoms with Gasteiger partial charge in [-0.2, -0.15) is 0 Å². The third-order valence-corrected chi connectivity index (χ3v) is 4.04. The maximum atomic E-state index is 12.3. The normalized spacial score (nSPS) is 13.2. The van der Waals surface area contributed by atoms with Gasteiger partial charge in [0.05, 0.1) is 36.1 Å². The summed E-state index contributed by atoms with van der Waals surface area (Å²) < 4.78 is 1.89. The van der Waals surface area contributed by atoms with Crippen molar-refractivity contribution in [2.75, 3.05) is 19.7 Å². The van der Waals surface area contributed by atoms with Gasteiger partial charge in [0, 0.05) is 13.1 Å². The first-order valence-corrected chi connectivity index (χ1v) is 8.15. The third kappa shape index (κ3) is 4.45. The van der Waals surface area contributed by atoms with Gasteiger partial charge in [-0.05, 0) is 32.1 Å². The molecule has 0 fully saturated rings. The Morgan fingerprint density at radius 2 is 2.16 bits per heavy atom. The molecule has 1 atom stereocenters. The van der Waals surface area contributed by atoms with Crippen LogP contribution in [0.4, 0.5) is 0 Å². The van der Waals surface area contributed by atoms with Gasteiger partial charge in [0.25, 0.3) is 0 Å². The number of likely N-dealkylation sites (N-methyl/N-ethyl adjacent to an activating group) is 1. The van der Waals surface area contributed by atoms with Crippen molar-refractivity contribution in [3.63, 3.8) is 0 Å². The zero-order chi connectivity index (χ0) is 18.4. The molecule has 0 aliphatic heterocycles. The summed E-state index contributed by atoms with van der Waals surface area (Å²) in [5, 5.41) is 12.6. The van der Waals surface area contributed by atoms with E-state index in [1.54, 1.807) is 20.2 Å². The summed E-state index contributed by atoms with van der Waals surface area (Å²) >= 11 is 0. The van der Waals surface area contributed by atoms with Crippen LogP contribution in [0.25, 0.3) is 11.0 Å². The van der Waals surface area contributed by atoms with Crippen LogP contribution >= 0.6 is 0 Å². The van der Waals surface area contributed by atoms with Crippen molar-refractivity contribution in [2.45, 2.75) is 25.9 Å². The quantitative estimate of drug-likeness (QED) is 0.698. The number of benzene rings is 1. The molecule has 2 aromatic rings. The van der Waals surface area contributed by atoms with E-state index in [1.165, 1.54) is 11.0 Å². The number of amides is 2. The summed E-state index contributed by atoms with van der Waals surface area (Å²) in [6, 6.07) is 7.66. The Morgan fingerprint density at radius 1 is 1.44 bits per heavy atom. The van der Waals surface area contributed by atoms with Crippen LogP contribution in [-0.2, 0) is 16.1 Å². The van der Waals surface area contributed by atoms with Crippen molar-refractivity contribution in [3.8, 4) is 0 Å². The predicted octanol–water partition coefficient (Wildman–Crippen LogP) is 0.938. The van der Waals surface area contributed by atoms with Crippen molar-refractivity contribution in [3.05, 3.63) is 43.2 Å². The van der Waals surface area contributed by atoms with Gasteiger partial charge >= 0.3 is 0 Å². The molecule has 7 nitrogen and oxygen atoms in total. The van der Waals surface area contributed by atoms with E-state index in [2.05, 4.69) is 16.9 Å². The van der Waals surface area contributed by atoms with Gasteiger partial charge in [0.2, 0.25) is 11.8 Å². The van der Waals surface area contributed by atoms with Crippen molar-refractivity contribution < 1.29 is 14.7 Å². The maximum Gasteiger partial charge on any atom is 0.246 e. The number of hydrogen-bond donors (Lipinski definition) is 2. The number of aliphatic hydroxyl groups excluding tert-OH is 1. The summed E-state index contributed by atoms with van der Waals surface area (Å²) in [6.45, 7) is 7.41. The van der Waals surface area contributed by atoms with E-state index in [0.717, 1.165) is 11.0 Å². The highest BCUT2D eigenvalue weighted by Gasteiger charge is 2.28. The first-order chi connectivity index (χ1) is 11.9. The maximum absolute atomic E-state index is 12.3. The fourth-order valence-corrected chi connectivity index (χ4v) is 2.67. The van der Waals surface area contributed by atoms with Crippen LogP contribution in [0.5, 0.6) is 0 Å². The first kappa shape index (κ1) is 18.7. The third-order valence-electron chi connectivity index (χ3n) is 4.04. The monoisotopic (exact) mass is 344 g/mol. The molecule has 1 heterocycles. The number of carbonyl (C=O) groups excluding carboxylic acids is 2. The Hall–Kier alpha value is -2.67. The minimum absolute atomic E-state index is 0.0817. The van der Waals surface area contributed by atoms with E-state index in [1.807, 2.05) is 28.8 Å². The smallest absolute Gasteiger partial charge is 0.246 e. The van der Waals surface area contributed by atoms with Crippen LogP contribution in [0.1, 0.15) is 13.8 Å². The second-order valence-corrected chi connectivity index (χ2v) is 6.18. The fourth-order valence-electron chi connectivity index (χ4n) is 2.67. The number of carbonyl (C=O) groups is 2. The number of aromatic nitrogens is 2. The van der Waals surface area contributed by atoms with Crippen molar-refractivity contribution in [1.82, 2.24) is 19.8 Å². The van der Waals surface area contributed by atoms with Crippen LogP contribution in [0.2, 0.25) is 0 Å². The van der Waals surface area contributed by atoms with Crippen LogP contribution in [0.15, 0.2) is 43.2 Å². The number of rotatable bonds is 8. The molecule has 2 amide bonds. The molecule has 0 spiro atoms. The molecule has 0 aliphatic rings. The summed E-state index contributed by atoms with van der Waals surface area (Å²) in [5.41, 5.74) is 0.897. The first-order valence-electron chi connectivity index (χ1n) is 8.15. The van der Waals surface area contributed by atoms with E-state index < -0.39 is 5.54 Å². The van der Waals surface area contributed by atoms with Gasteiger partial charge in [0.15, 0.2) is 0 Å². The molecule has 0 bridgehead atoms. The van der Waals surface area contributed by atoms with Gasteiger partial charge in [-0.1, -0.05) is 18.7 Å². The topological polar surface area (TPSA) is 87.5 Å². The van der Waals surface area contributed by atoms with Crippen molar-refractivity contribution in [1.29, 1.82) is 0 Å². The Balaban J connectivity index is 2.10. The minimum Gasteiger partial charge on any atom is -0.394 e. The molecule has 0 aliphatic carbocycles. The van der Waals surface area contributed by atoms with E-state index in [4.69, 9.17) is 0 Å². The number of imidazole rings is 1. The Bertz CT molecular complexity index is 771. The Labute approximate surface area is 147 Å². The average Bonchev–Trinajstić information content (AvgIpc) is 3.01. The zero-order valence-electron chi connectivity index (χ0n) is 14.6. The molecule has 1 aromatic carbocycles. The summed E-state index contributed by atoms with van der Waals surface area (Å²) in [4.78, 5) is 29.7. The number of aliphatic hydroxyl groups is 1. The molecule has 7 heteroatoms. The van der Waals surface area contributed by atoms with Gasteiger partial charge < -0.3 is 19.9 Å². The van der Waals surface area contributed by atoms with Gasteiger partial charge in [0.1, 0.15) is 0 Å². The molecule has 2 rings (SSSR count). The average molecular weight is 344 g/mol. The second-order valence-electron chi connectivity index (χ2n) is 6.18. The molecule has 1 unspecified atom stereocenters. The number of nitrogens with one attached hydrogen (secondary N) is 1. The Morgan fingerprint density at radius 3 is 2.80 bits per heavy atom. The van der Waals surface area contributed by atoms with Crippen LogP contribution in [0, 0.1) is 0 Å². The molecule has 25 heavy (non-hydrogen) atoms. The minimum atomic E-state index is -0.878. The summed E-state index contributed by atoms with van der Waals surface area (Å²) in [7, 11) is 0. The molecule has 0 radical (unpaired) electrons. The molecule has 2 N–H and O–H groups in total. The molecule has 0 saturated heterocycles. The molecule has 1 aromatic heterocycles. The lowest BCUT2D eigenvalue weighted by Gasteiger charge is -2.30. The highest BCUT2D eigenvalue weighted by atomic mass is 16.3. The van der Waals surface area contributed by atoms with E-state index in [-0.39, 0.29) is 25.0 Å². The van der Waals surface area contributed by atoms with Crippen molar-refractivity contribution in [2.24, 2.45) is 0 Å². The number of fused-ring (bicyclic) bond motifs is 1. The lowest BCUT2D eigenvalue weighted by Crippen LogP contribution is -2.54. The van der Waals surface area contributed by atoms with Crippen LogP contribution in [0.3, 0.4) is 0 Å². The summed E-state index contributed by atoms with van der Waals surface area (Å²) in [6.07, 6.45) is 2.87. The molecule has 0 saturated carbocycles. The van der Waals surface area contributed by atoms with Gasteiger partial charge in [-0.25, -0.2) is 4.98 Å².